The van der Waals surface area contributed by atoms with Gasteiger partial charge in [0.15, 0.2) is 0 Å². The molecule has 0 fully saturated rings. The summed E-state index contributed by atoms with van der Waals surface area (Å²) < 4.78 is 18.7. The zero-order valence-electron chi connectivity index (χ0n) is 10.1. The molecule has 1 aromatic heterocycles. The van der Waals surface area contributed by atoms with Crippen molar-refractivity contribution in [3.05, 3.63) is 51.9 Å². The Morgan fingerprint density at radius 3 is 2.63 bits per heavy atom. The van der Waals surface area contributed by atoms with Crippen LogP contribution >= 0.6 is 23.2 Å². The molecule has 0 atom stereocenters. The molecule has 1 aromatic carbocycles. The molecule has 0 saturated heterocycles. The molecule has 2 rings (SSSR count). The molecule has 0 bridgehead atoms. The largest absolute Gasteiger partial charge is 0.439 e. The van der Waals surface area contributed by atoms with E-state index >= 15 is 0 Å². The maximum absolute atomic E-state index is 13.3. The second kappa shape index (κ2) is 6.19. The Hall–Kier alpha value is -1.36. The molecule has 6 heteroatoms. The fourth-order valence-electron chi connectivity index (χ4n) is 1.47. The van der Waals surface area contributed by atoms with Crippen LogP contribution in [0.3, 0.4) is 0 Å². The average Bonchev–Trinajstić information content (AvgIpc) is 2.38. The van der Waals surface area contributed by atoms with E-state index in [1.54, 1.807) is 25.2 Å². The Balaban J connectivity index is 2.22. The van der Waals surface area contributed by atoms with Crippen molar-refractivity contribution in [3.63, 3.8) is 0 Å². The number of hydrogen-bond donors (Lipinski definition) is 1. The van der Waals surface area contributed by atoms with Gasteiger partial charge in [0, 0.05) is 18.7 Å². The predicted octanol–water partition coefficient (Wildman–Crippen LogP) is 4.04. The number of aromatic nitrogens is 1. The van der Waals surface area contributed by atoms with E-state index in [9.17, 15) is 4.39 Å². The molecule has 1 heterocycles. The Bertz CT molecular complexity index is 593. The summed E-state index contributed by atoms with van der Waals surface area (Å²) in [5, 5.41) is 3.55. The molecule has 1 N–H and O–H groups in total. The first-order valence-electron chi connectivity index (χ1n) is 5.53. The molecule has 0 aliphatic heterocycles. The van der Waals surface area contributed by atoms with E-state index in [4.69, 9.17) is 27.9 Å². The molecule has 19 heavy (non-hydrogen) atoms. The molecule has 0 radical (unpaired) electrons. The number of rotatable bonds is 4. The van der Waals surface area contributed by atoms with Gasteiger partial charge in [-0.15, -0.1) is 0 Å². The Morgan fingerprint density at radius 1 is 1.21 bits per heavy atom. The highest BCUT2D eigenvalue weighted by molar-refractivity contribution is 6.31. The van der Waals surface area contributed by atoms with Crippen LogP contribution in [-0.4, -0.2) is 12.0 Å². The fourth-order valence-corrected chi connectivity index (χ4v) is 1.76. The van der Waals surface area contributed by atoms with Gasteiger partial charge in [-0.2, -0.15) is 0 Å². The minimum absolute atomic E-state index is 0.0484. The van der Waals surface area contributed by atoms with Crippen molar-refractivity contribution in [3.8, 4) is 11.6 Å². The molecule has 100 valence electrons. The van der Waals surface area contributed by atoms with Crippen molar-refractivity contribution in [1.82, 2.24) is 10.3 Å². The maximum Gasteiger partial charge on any atom is 0.219 e. The molecular weight excluding hydrogens is 290 g/mol. The van der Waals surface area contributed by atoms with Gasteiger partial charge in [0.25, 0.3) is 0 Å². The molecular formula is C13H11Cl2FN2O. The van der Waals surface area contributed by atoms with Crippen molar-refractivity contribution >= 4 is 23.2 Å². The molecule has 0 unspecified atom stereocenters. The van der Waals surface area contributed by atoms with Crippen LogP contribution in [0.1, 0.15) is 5.69 Å². The van der Waals surface area contributed by atoms with Crippen LogP contribution in [0.25, 0.3) is 0 Å². The van der Waals surface area contributed by atoms with Gasteiger partial charge >= 0.3 is 0 Å². The van der Waals surface area contributed by atoms with Gasteiger partial charge in [-0.3, -0.25) is 0 Å². The van der Waals surface area contributed by atoms with Gasteiger partial charge < -0.3 is 10.1 Å². The molecule has 0 spiro atoms. The third kappa shape index (κ3) is 3.56. The topological polar surface area (TPSA) is 34.2 Å². The van der Waals surface area contributed by atoms with Gasteiger partial charge in [0.1, 0.15) is 11.6 Å². The van der Waals surface area contributed by atoms with E-state index < -0.39 is 5.82 Å². The third-order valence-corrected chi connectivity index (χ3v) is 3.00. The van der Waals surface area contributed by atoms with Gasteiger partial charge in [0.2, 0.25) is 5.88 Å². The van der Waals surface area contributed by atoms with Crippen molar-refractivity contribution < 1.29 is 9.13 Å². The summed E-state index contributed by atoms with van der Waals surface area (Å²) in [6.45, 7) is 0.519. The van der Waals surface area contributed by atoms with Crippen molar-refractivity contribution in [2.75, 3.05) is 7.05 Å². The van der Waals surface area contributed by atoms with Gasteiger partial charge in [-0.05, 0) is 25.2 Å². The van der Waals surface area contributed by atoms with E-state index in [1.165, 1.54) is 12.1 Å². The number of nitrogens with one attached hydrogen (secondary N) is 1. The highest BCUT2D eigenvalue weighted by atomic mass is 35.5. The first-order chi connectivity index (χ1) is 9.10. The van der Waals surface area contributed by atoms with Crippen LogP contribution in [-0.2, 0) is 6.54 Å². The quantitative estimate of drug-likeness (QED) is 0.925. The molecule has 0 aliphatic carbocycles. The number of ether oxygens (including phenoxy) is 1. The molecule has 3 nitrogen and oxygen atoms in total. The second-order valence-electron chi connectivity index (χ2n) is 3.79. The lowest BCUT2D eigenvalue weighted by Crippen LogP contribution is -2.07. The van der Waals surface area contributed by atoms with Crippen LogP contribution in [0.15, 0.2) is 30.3 Å². The first-order valence-corrected chi connectivity index (χ1v) is 6.28. The zero-order valence-corrected chi connectivity index (χ0v) is 11.6. The summed E-state index contributed by atoms with van der Waals surface area (Å²) in [4.78, 5) is 4.24. The van der Waals surface area contributed by atoms with Crippen LogP contribution in [0.2, 0.25) is 10.0 Å². The van der Waals surface area contributed by atoms with Crippen LogP contribution < -0.4 is 10.1 Å². The van der Waals surface area contributed by atoms with Crippen LogP contribution in [0, 0.1) is 5.82 Å². The first kappa shape index (κ1) is 14.1. The Kier molecular flexibility index (Phi) is 4.58. The minimum atomic E-state index is -0.538. The monoisotopic (exact) mass is 300 g/mol. The van der Waals surface area contributed by atoms with E-state index in [2.05, 4.69) is 10.3 Å². The number of hydrogen-bond acceptors (Lipinski definition) is 3. The van der Waals surface area contributed by atoms with E-state index in [-0.39, 0.29) is 5.02 Å². The van der Waals surface area contributed by atoms with Gasteiger partial charge in [-0.1, -0.05) is 23.2 Å². The standard InChI is InChI=1S/C13H11Cl2FN2O/c1-17-7-12-10(15)4-5-13(18-12)19-8-2-3-9(14)11(16)6-8/h2-6,17H,7H2,1H3. The molecule has 0 aliphatic rings. The Morgan fingerprint density at radius 2 is 1.95 bits per heavy atom. The summed E-state index contributed by atoms with van der Waals surface area (Å²) in [6, 6.07) is 7.50. The lowest BCUT2D eigenvalue weighted by Gasteiger charge is -2.08. The Labute approximate surface area is 120 Å². The van der Waals surface area contributed by atoms with E-state index in [0.717, 1.165) is 0 Å². The van der Waals surface area contributed by atoms with Gasteiger partial charge in [-0.25, -0.2) is 9.37 Å². The summed E-state index contributed by atoms with van der Waals surface area (Å²) in [7, 11) is 1.79. The smallest absolute Gasteiger partial charge is 0.219 e. The third-order valence-electron chi connectivity index (χ3n) is 2.35. The predicted molar refractivity (Wildman–Crippen MR) is 73.5 cm³/mol. The number of nitrogens with zero attached hydrogens (tertiary/aromatic N) is 1. The normalized spacial score (nSPS) is 10.5. The summed E-state index contributed by atoms with van der Waals surface area (Å²) in [5.74, 6) is 0.132. The number of halogens is 3. The maximum atomic E-state index is 13.3. The van der Waals surface area contributed by atoms with Crippen molar-refractivity contribution in [2.24, 2.45) is 0 Å². The van der Waals surface area contributed by atoms with Crippen LogP contribution in [0.5, 0.6) is 11.6 Å². The van der Waals surface area contributed by atoms with Crippen LogP contribution in [0.4, 0.5) is 4.39 Å². The van der Waals surface area contributed by atoms with E-state index in [1.807, 2.05) is 0 Å². The van der Waals surface area contributed by atoms with E-state index in [0.29, 0.717) is 28.9 Å². The SMILES string of the molecule is CNCc1nc(Oc2ccc(Cl)c(F)c2)ccc1Cl. The summed E-state index contributed by atoms with van der Waals surface area (Å²) in [6.07, 6.45) is 0. The van der Waals surface area contributed by atoms with Crippen molar-refractivity contribution in [1.29, 1.82) is 0 Å². The van der Waals surface area contributed by atoms with Gasteiger partial charge in [0.05, 0.1) is 15.7 Å². The average molecular weight is 301 g/mol. The zero-order chi connectivity index (χ0) is 13.8. The lowest BCUT2D eigenvalue weighted by atomic mass is 10.3. The number of benzene rings is 1. The fraction of sp³-hybridized carbons (Fsp3) is 0.154. The summed E-state index contributed by atoms with van der Waals surface area (Å²) >= 11 is 11.6. The molecule has 0 amide bonds. The molecule has 2 aromatic rings. The van der Waals surface area contributed by atoms with Crippen molar-refractivity contribution in [2.45, 2.75) is 6.54 Å². The molecule has 0 saturated carbocycles. The minimum Gasteiger partial charge on any atom is -0.439 e. The highest BCUT2D eigenvalue weighted by Crippen LogP contribution is 2.26. The number of pyridine rings is 1. The summed E-state index contributed by atoms with van der Waals surface area (Å²) in [5.41, 5.74) is 0.663. The second-order valence-corrected chi connectivity index (χ2v) is 4.60. The lowest BCUT2D eigenvalue weighted by molar-refractivity contribution is 0.455. The highest BCUT2D eigenvalue weighted by Gasteiger charge is 2.07.